The Hall–Kier alpha value is -1.29. The maximum atomic E-state index is 5.19. The van der Waals surface area contributed by atoms with E-state index in [0.29, 0.717) is 18.0 Å². The summed E-state index contributed by atoms with van der Waals surface area (Å²) >= 11 is 0. The third-order valence-corrected chi connectivity index (χ3v) is 4.02. The Morgan fingerprint density at radius 3 is 2.68 bits per heavy atom. The predicted octanol–water partition coefficient (Wildman–Crippen LogP) is 2.45. The minimum Gasteiger partial charge on any atom is -0.481 e. The summed E-state index contributed by atoms with van der Waals surface area (Å²) in [5.74, 6) is 1.69. The number of pyridine rings is 1. The summed E-state index contributed by atoms with van der Waals surface area (Å²) in [6.45, 7) is 3.25. The highest BCUT2D eigenvalue weighted by Crippen LogP contribution is 2.26. The van der Waals surface area contributed by atoms with Gasteiger partial charge in [-0.1, -0.05) is 13.0 Å². The predicted molar refractivity (Wildman–Crippen MR) is 78.9 cm³/mol. The molecule has 1 N–H and O–H groups in total. The van der Waals surface area contributed by atoms with Gasteiger partial charge in [0.2, 0.25) is 5.88 Å². The molecule has 19 heavy (non-hydrogen) atoms. The minimum atomic E-state index is 0.592. The van der Waals surface area contributed by atoms with E-state index in [2.05, 4.69) is 35.2 Å². The zero-order valence-corrected chi connectivity index (χ0v) is 12.2. The van der Waals surface area contributed by atoms with Crippen LogP contribution in [0.3, 0.4) is 0 Å². The first-order valence-corrected chi connectivity index (χ1v) is 7.21. The Morgan fingerprint density at radius 1 is 1.32 bits per heavy atom. The van der Waals surface area contributed by atoms with Crippen molar-refractivity contribution >= 4 is 5.82 Å². The van der Waals surface area contributed by atoms with Gasteiger partial charge in [-0.15, -0.1) is 0 Å². The number of hydrogen-bond donors (Lipinski definition) is 1. The normalized spacial score (nSPS) is 23.1. The highest BCUT2D eigenvalue weighted by atomic mass is 16.5. The van der Waals surface area contributed by atoms with Crippen molar-refractivity contribution in [2.45, 2.75) is 44.7 Å². The summed E-state index contributed by atoms with van der Waals surface area (Å²) in [4.78, 5) is 6.81. The molecule has 0 atom stereocenters. The zero-order chi connectivity index (χ0) is 13.7. The van der Waals surface area contributed by atoms with Crippen molar-refractivity contribution in [2.24, 2.45) is 0 Å². The van der Waals surface area contributed by atoms with Crippen LogP contribution in [0.5, 0.6) is 5.88 Å². The van der Waals surface area contributed by atoms with E-state index in [1.165, 1.54) is 25.7 Å². The fourth-order valence-electron chi connectivity index (χ4n) is 2.86. The lowest BCUT2D eigenvalue weighted by Gasteiger charge is -2.35. The number of nitrogens with one attached hydrogen (secondary N) is 1. The van der Waals surface area contributed by atoms with Crippen molar-refractivity contribution in [3.63, 3.8) is 0 Å². The van der Waals surface area contributed by atoms with E-state index in [-0.39, 0.29) is 0 Å². The van der Waals surface area contributed by atoms with Crippen molar-refractivity contribution in [2.75, 3.05) is 25.6 Å². The van der Waals surface area contributed by atoms with Gasteiger partial charge >= 0.3 is 0 Å². The first kappa shape index (κ1) is 14.1. The molecule has 0 aromatic carbocycles. The fraction of sp³-hybridized carbons (Fsp3) is 0.667. The van der Waals surface area contributed by atoms with E-state index in [1.54, 1.807) is 7.11 Å². The van der Waals surface area contributed by atoms with Crippen LogP contribution >= 0.6 is 0 Å². The molecule has 1 aliphatic carbocycles. The molecule has 0 saturated heterocycles. The van der Waals surface area contributed by atoms with Crippen LogP contribution in [0.2, 0.25) is 0 Å². The van der Waals surface area contributed by atoms with Gasteiger partial charge < -0.3 is 15.0 Å². The van der Waals surface area contributed by atoms with Gasteiger partial charge in [-0.05, 0) is 38.3 Å². The van der Waals surface area contributed by atoms with Crippen LogP contribution < -0.4 is 15.0 Å². The maximum Gasteiger partial charge on any atom is 0.214 e. The lowest BCUT2D eigenvalue weighted by atomic mass is 9.90. The smallest absolute Gasteiger partial charge is 0.214 e. The van der Waals surface area contributed by atoms with Crippen LogP contribution in [0.25, 0.3) is 0 Å². The molecule has 1 heterocycles. The van der Waals surface area contributed by atoms with Gasteiger partial charge in [0.25, 0.3) is 0 Å². The highest BCUT2D eigenvalue weighted by Gasteiger charge is 2.24. The minimum absolute atomic E-state index is 0.592. The van der Waals surface area contributed by atoms with Crippen molar-refractivity contribution in [3.8, 4) is 5.88 Å². The maximum absolute atomic E-state index is 5.19. The van der Waals surface area contributed by atoms with Gasteiger partial charge in [-0.25, -0.2) is 0 Å². The zero-order valence-electron chi connectivity index (χ0n) is 12.2. The van der Waals surface area contributed by atoms with Gasteiger partial charge in [0.15, 0.2) is 0 Å². The summed E-state index contributed by atoms with van der Waals surface area (Å²) in [5.41, 5.74) is 0. The molecule has 1 aromatic heterocycles. The van der Waals surface area contributed by atoms with Crippen molar-refractivity contribution in [1.29, 1.82) is 0 Å². The number of ether oxygens (including phenoxy) is 1. The molecule has 1 fully saturated rings. The Bertz CT molecular complexity index is 389. The van der Waals surface area contributed by atoms with Crippen LogP contribution in [0.15, 0.2) is 18.2 Å². The number of aromatic nitrogens is 1. The van der Waals surface area contributed by atoms with Crippen LogP contribution in [0.1, 0.15) is 32.6 Å². The van der Waals surface area contributed by atoms with E-state index in [1.807, 2.05) is 12.1 Å². The summed E-state index contributed by atoms with van der Waals surface area (Å²) in [6.07, 6.45) is 4.97. The molecule has 0 radical (unpaired) electrons. The lowest BCUT2D eigenvalue weighted by Crippen LogP contribution is -2.41. The number of nitrogens with zero attached hydrogens (tertiary/aromatic N) is 2. The summed E-state index contributed by atoms with van der Waals surface area (Å²) < 4.78 is 5.19. The van der Waals surface area contributed by atoms with E-state index >= 15 is 0 Å². The summed E-state index contributed by atoms with van der Waals surface area (Å²) in [7, 11) is 3.80. The van der Waals surface area contributed by atoms with Crippen molar-refractivity contribution < 1.29 is 4.74 Å². The van der Waals surface area contributed by atoms with Crippen LogP contribution in [0, 0.1) is 0 Å². The number of hydrogen-bond acceptors (Lipinski definition) is 4. The van der Waals surface area contributed by atoms with E-state index in [4.69, 9.17) is 4.74 Å². The molecule has 0 unspecified atom stereocenters. The molecule has 1 saturated carbocycles. The highest BCUT2D eigenvalue weighted by molar-refractivity contribution is 5.41. The molecule has 4 heteroatoms. The first-order chi connectivity index (χ1) is 9.24. The molecule has 0 aliphatic heterocycles. The largest absolute Gasteiger partial charge is 0.481 e. The molecule has 0 amide bonds. The molecule has 0 bridgehead atoms. The second-order valence-corrected chi connectivity index (χ2v) is 5.21. The van der Waals surface area contributed by atoms with E-state index < -0.39 is 0 Å². The second kappa shape index (κ2) is 6.75. The Balaban J connectivity index is 1.94. The van der Waals surface area contributed by atoms with Gasteiger partial charge in [-0.3, -0.25) is 0 Å². The van der Waals surface area contributed by atoms with Crippen molar-refractivity contribution in [1.82, 2.24) is 10.3 Å². The van der Waals surface area contributed by atoms with Gasteiger partial charge in [0.05, 0.1) is 7.11 Å². The van der Waals surface area contributed by atoms with E-state index in [9.17, 15) is 0 Å². The third-order valence-electron chi connectivity index (χ3n) is 4.02. The first-order valence-electron chi connectivity index (χ1n) is 7.21. The van der Waals surface area contributed by atoms with Gasteiger partial charge in [0, 0.05) is 25.2 Å². The van der Waals surface area contributed by atoms with E-state index in [0.717, 1.165) is 12.4 Å². The molecule has 1 aliphatic rings. The quantitative estimate of drug-likeness (QED) is 0.885. The molecular formula is C15H25N3O. The van der Waals surface area contributed by atoms with Gasteiger partial charge in [0.1, 0.15) is 5.82 Å². The number of rotatable bonds is 5. The SMILES string of the molecule is CCNC1CCC(N(C)c2cccc(OC)n2)CC1. The van der Waals surface area contributed by atoms with Crippen molar-refractivity contribution in [3.05, 3.63) is 18.2 Å². The van der Waals surface area contributed by atoms with Crippen LogP contribution in [-0.4, -0.2) is 37.8 Å². The lowest BCUT2D eigenvalue weighted by molar-refractivity contribution is 0.339. The standard InChI is InChI=1S/C15H25N3O/c1-4-16-12-8-10-13(11-9-12)18(2)14-6-5-7-15(17-14)19-3/h5-7,12-13,16H,4,8-11H2,1-3H3. The monoisotopic (exact) mass is 263 g/mol. The summed E-state index contributed by atoms with van der Waals surface area (Å²) in [6, 6.07) is 7.24. The molecule has 106 valence electrons. The Morgan fingerprint density at radius 2 is 2.05 bits per heavy atom. The average Bonchev–Trinajstić information content (AvgIpc) is 2.48. The number of methoxy groups -OCH3 is 1. The molecular weight excluding hydrogens is 238 g/mol. The third kappa shape index (κ3) is 3.60. The Labute approximate surface area is 116 Å². The van der Waals surface area contributed by atoms with Gasteiger partial charge in [-0.2, -0.15) is 4.98 Å². The molecule has 0 spiro atoms. The number of anilines is 1. The fourth-order valence-corrected chi connectivity index (χ4v) is 2.86. The molecule has 2 rings (SSSR count). The second-order valence-electron chi connectivity index (χ2n) is 5.21. The average molecular weight is 263 g/mol. The summed E-state index contributed by atoms with van der Waals surface area (Å²) in [5, 5.41) is 3.55. The Kier molecular flexibility index (Phi) is 5.02. The topological polar surface area (TPSA) is 37.4 Å². The van der Waals surface area contributed by atoms with Crippen LogP contribution in [-0.2, 0) is 0 Å². The van der Waals surface area contributed by atoms with Crippen LogP contribution in [0.4, 0.5) is 5.82 Å². The molecule has 1 aromatic rings. The molecule has 4 nitrogen and oxygen atoms in total.